The van der Waals surface area contributed by atoms with Crippen LogP contribution in [-0.4, -0.2) is 23.5 Å². The number of nitrogens with one attached hydrogen (secondary N) is 1. The zero-order valence-corrected chi connectivity index (χ0v) is 10.8. The molecule has 0 radical (unpaired) electrons. The van der Waals surface area contributed by atoms with Crippen LogP contribution in [0.4, 0.5) is 0 Å². The van der Waals surface area contributed by atoms with Gasteiger partial charge in [-0.05, 0) is 24.5 Å². The van der Waals surface area contributed by atoms with Crippen LogP contribution in [0.2, 0.25) is 0 Å². The molecule has 0 saturated carbocycles. The standard InChI is InChI=1S/C11H23NOS/c1-6-14-9(2)10(13)12-8-7-11(3,4)5/h9H,6-8H2,1-5H3,(H,12,13). The maximum absolute atomic E-state index is 11.5. The second kappa shape index (κ2) is 6.33. The summed E-state index contributed by atoms with van der Waals surface area (Å²) in [6.07, 6.45) is 1.03. The average Bonchev–Trinajstić information content (AvgIpc) is 2.02. The van der Waals surface area contributed by atoms with Crippen LogP contribution < -0.4 is 5.32 Å². The zero-order valence-electron chi connectivity index (χ0n) is 10.0. The molecule has 0 rings (SSSR count). The van der Waals surface area contributed by atoms with E-state index in [1.54, 1.807) is 11.8 Å². The molecule has 0 bridgehead atoms. The van der Waals surface area contributed by atoms with E-state index in [0.29, 0.717) is 5.41 Å². The third-order valence-corrected chi connectivity index (χ3v) is 3.01. The number of carbonyl (C=O) groups is 1. The van der Waals surface area contributed by atoms with Gasteiger partial charge in [-0.1, -0.05) is 27.7 Å². The first-order valence-electron chi connectivity index (χ1n) is 5.26. The lowest BCUT2D eigenvalue weighted by Crippen LogP contribution is -2.33. The SMILES string of the molecule is CCSC(C)C(=O)NCCC(C)(C)C. The topological polar surface area (TPSA) is 29.1 Å². The summed E-state index contributed by atoms with van der Waals surface area (Å²) < 4.78 is 0. The fourth-order valence-corrected chi connectivity index (χ4v) is 1.76. The molecule has 1 N–H and O–H groups in total. The summed E-state index contributed by atoms with van der Waals surface area (Å²) in [5.41, 5.74) is 0.300. The molecule has 2 nitrogen and oxygen atoms in total. The summed E-state index contributed by atoms with van der Waals surface area (Å²) in [6, 6.07) is 0. The first-order valence-corrected chi connectivity index (χ1v) is 6.31. The molecule has 0 aliphatic heterocycles. The van der Waals surface area contributed by atoms with E-state index in [1.807, 2.05) is 6.92 Å². The van der Waals surface area contributed by atoms with E-state index in [-0.39, 0.29) is 11.2 Å². The van der Waals surface area contributed by atoms with Crippen LogP contribution in [0.3, 0.4) is 0 Å². The zero-order chi connectivity index (χ0) is 11.2. The van der Waals surface area contributed by atoms with Crippen LogP contribution in [0, 0.1) is 5.41 Å². The predicted molar refractivity (Wildman–Crippen MR) is 64.7 cm³/mol. The molecule has 1 amide bonds. The molecule has 3 heteroatoms. The smallest absolute Gasteiger partial charge is 0.232 e. The summed E-state index contributed by atoms with van der Waals surface area (Å²) in [4.78, 5) is 11.5. The van der Waals surface area contributed by atoms with E-state index in [4.69, 9.17) is 0 Å². The summed E-state index contributed by atoms with van der Waals surface area (Å²) in [7, 11) is 0. The van der Waals surface area contributed by atoms with E-state index in [9.17, 15) is 4.79 Å². The Morgan fingerprint density at radius 2 is 2.00 bits per heavy atom. The van der Waals surface area contributed by atoms with Crippen molar-refractivity contribution in [1.29, 1.82) is 0 Å². The molecule has 0 fully saturated rings. The van der Waals surface area contributed by atoms with Gasteiger partial charge in [-0.15, -0.1) is 11.8 Å². The molecule has 84 valence electrons. The van der Waals surface area contributed by atoms with E-state index in [1.165, 1.54) is 0 Å². The maximum Gasteiger partial charge on any atom is 0.232 e. The fourth-order valence-electron chi connectivity index (χ4n) is 1.03. The third-order valence-electron chi connectivity index (χ3n) is 1.96. The molecule has 0 aliphatic rings. The number of carbonyl (C=O) groups excluding carboxylic acids is 1. The Morgan fingerprint density at radius 1 is 1.43 bits per heavy atom. The van der Waals surface area contributed by atoms with Crippen molar-refractivity contribution < 1.29 is 4.79 Å². The first kappa shape index (κ1) is 13.8. The highest BCUT2D eigenvalue weighted by atomic mass is 32.2. The molecular formula is C11H23NOS. The maximum atomic E-state index is 11.5. The lowest BCUT2D eigenvalue weighted by atomic mass is 9.92. The quantitative estimate of drug-likeness (QED) is 0.767. The summed E-state index contributed by atoms with van der Waals surface area (Å²) >= 11 is 1.69. The first-order chi connectivity index (χ1) is 6.37. The Hall–Kier alpha value is -0.180. The van der Waals surface area contributed by atoms with Gasteiger partial charge in [-0.25, -0.2) is 0 Å². The highest BCUT2D eigenvalue weighted by Gasteiger charge is 2.14. The Morgan fingerprint density at radius 3 is 2.43 bits per heavy atom. The van der Waals surface area contributed by atoms with Gasteiger partial charge in [0, 0.05) is 6.54 Å². The highest BCUT2D eigenvalue weighted by Crippen LogP contribution is 2.17. The van der Waals surface area contributed by atoms with Crippen molar-refractivity contribution in [2.45, 2.75) is 46.3 Å². The Kier molecular flexibility index (Phi) is 6.25. The monoisotopic (exact) mass is 217 g/mol. The molecule has 1 atom stereocenters. The van der Waals surface area contributed by atoms with E-state index in [2.05, 4.69) is 33.0 Å². The van der Waals surface area contributed by atoms with Crippen LogP contribution in [0.1, 0.15) is 41.0 Å². The van der Waals surface area contributed by atoms with Crippen molar-refractivity contribution in [3.05, 3.63) is 0 Å². The van der Waals surface area contributed by atoms with Crippen LogP contribution >= 0.6 is 11.8 Å². The fraction of sp³-hybridized carbons (Fsp3) is 0.909. The van der Waals surface area contributed by atoms with E-state index in [0.717, 1.165) is 18.7 Å². The minimum atomic E-state index is 0.0833. The van der Waals surface area contributed by atoms with Crippen molar-refractivity contribution in [2.75, 3.05) is 12.3 Å². The summed E-state index contributed by atoms with van der Waals surface area (Å²) in [6.45, 7) is 11.4. The largest absolute Gasteiger partial charge is 0.355 e. The molecule has 0 aromatic heterocycles. The van der Waals surface area contributed by atoms with Crippen molar-refractivity contribution in [3.8, 4) is 0 Å². The van der Waals surface area contributed by atoms with Gasteiger partial charge in [0.2, 0.25) is 5.91 Å². The molecule has 14 heavy (non-hydrogen) atoms. The van der Waals surface area contributed by atoms with Crippen LogP contribution in [0.5, 0.6) is 0 Å². The molecule has 0 spiro atoms. The van der Waals surface area contributed by atoms with E-state index < -0.39 is 0 Å². The van der Waals surface area contributed by atoms with Gasteiger partial charge in [0.25, 0.3) is 0 Å². The lowest BCUT2D eigenvalue weighted by Gasteiger charge is -2.19. The number of amides is 1. The van der Waals surface area contributed by atoms with Gasteiger partial charge >= 0.3 is 0 Å². The minimum absolute atomic E-state index is 0.0833. The molecule has 0 aromatic rings. The third kappa shape index (κ3) is 7.25. The second-order valence-electron chi connectivity index (χ2n) is 4.70. The minimum Gasteiger partial charge on any atom is -0.355 e. The van der Waals surface area contributed by atoms with Gasteiger partial charge in [-0.3, -0.25) is 4.79 Å². The van der Waals surface area contributed by atoms with Crippen molar-refractivity contribution in [1.82, 2.24) is 5.32 Å². The van der Waals surface area contributed by atoms with Crippen molar-refractivity contribution >= 4 is 17.7 Å². The highest BCUT2D eigenvalue weighted by molar-refractivity contribution is 8.00. The summed E-state index contributed by atoms with van der Waals surface area (Å²) in [5, 5.41) is 3.05. The van der Waals surface area contributed by atoms with Gasteiger partial charge in [0.1, 0.15) is 0 Å². The predicted octanol–water partition coefficient (Wildman–Crippen LogP) is 2.68. The summed E-state index contributed by atoms with van der Waals surface area (Å²) in [5.74, 6) is 1.16. The van der Waals surface area contributed by atoms with E-state index >= 15 is 0 Å². The Balaban J connectivity index is 3.64. The van der Waals surface area contributed by atoms with Gasteiger partial charge in [0.05, 0.1) is 5.25 Å². The number of hydrogen-bond donors (Lipinski definition) is 1. The number of rotatable bonds is 5. The number of hydrogen-bond acceptors (Lipinski definition) is 2. The molecular weight excluding hydrogens is 194 g/mol. The van der Waals surface area contributed by atoms with Crippen LogP contribution in [0.15, 0.2) is 0 Å². The Labute approximate surface area is 92.2 Å². The normalized spacial score (nSPS) is 13.8. The van der Waals surface area contributed by atoms with Gasteiger partial charge in [0.15, 0.2) is 0 Å². The van der Waals surface area contributed by atoms with Crippen LogP contribution in [-0.2, 0) is 4.79 Å². The Bertz CT molecular complexity index is 175. The van der Waals surface area contributed by atoms with Gasteiger partial charge < -0.3 is 5.32 Å². The average molecular weight is 217 g/mol. The molecule has 0 heterocycles. The molecule has 0 aliphatic carbocycles. The molecule has 0 saturated heterocycles. The molecule has 0 aromatic carbocycles. The van der Waals surface area contributed by atoms with Crippen molar-refractivity contribution in [3.63, 3.8) is 0 Å². The van der Waals surface area contributed by atoms with Crippen LogP contribution in [0.25, 0.3) is 0 Å². The second-order valence-corrected chi connectivity index (χ2v) is 6.32. The van der Waals surface area contributed by atoms with Gasteiger partial charge in [-0.2, -0.15) is 0 Å². The lowest BCUT2D eigenvalue weighted by molar-refractivity contribution is -0.120. The molecule has 1 unspecified atom stereocenters. The number of thioether (sulfide) groups is 1. The van der Waals surface area contributed by atoms with Crippen molar-refractivity contribution in [2.24, 2.45) is 5.41 Å².